The van der Waals surface area contributed by atoms with E-state index in [0.29, 0.717) is 0 Å². The smallest absolute Gasteiger partial charge is 0.243 e. The van der Waals surface area contributed by atoms with Crippen LogP contribution < -0.4 is 16.4 Å². The zero-order valence-electron chi connectivity index (χ0n) is 30.3. The van der Waals surface area contributed by atoms with Crippen molar-refractivity contribution < 1.29 is 0 Å². The van der Waals surface area contributed by atoms with Crippen LogP contribution in [0.4, 0.5) is 0 Å². The van der Waals surface area contributed by atoms with Crippen LogP contribution in [0, 0.1) is 69.2 Å². The van der Waals surface area contributed by atoms with Gasteiger partial charge in [0.1, 0.15) is 0 Å². The van der Waals surface area contributed by atoms with E-state index in [1.807, 2.05) is 0 Å². The summed E-state index contributed by atoms with van der Waals surface area (Å²) in [6.45, 7) is 23.2. The number of fused-ring (bicyclic) bond motifs is 3. The molecule has 48 heavy (non-hydrogen) atoms. The SMILES string of the molecule is Cc1cc(C)c(B(c2c(C)cc(C)cc2C)c2c(C)c(C)c(-c3ccc(-n4c5ccccc5c5ccccc54)cc3)c(C)c2C)c(C)c1. The van der Waals surface area contributed by atoms with E-state index in [0.717, 1.165) is 0 Å². The summed E-state index contributed by atoms with van der Waals surface area (Å²) < 4.78 is 2.40. The fraction of sp³-hybridized carbons (Fsp3) is 0.217. The van der Waals surface area contributed by atoms with Gasteiger partial charge in [0.25, 0.3) is 0 Å². The van der Waals surface area contributed by atoms with Crippen LogP contribution in [-0.2, 0) is 0 Å². The van der Waals surface area contributed by atoms with Gasteiger partial charge in [-0.3, -0.25) is 0 Å². The van der Waals surface area contributed by atoms with E-state index < -0.39 is 0 Å². The first-order valence-electron chi connectivity index (χ1n) is 17.3. The zero-order chi connectivity index (χ0) is 34.0. The molecule has 0 unspecified atom stereocenters. The average molecular weight is 624 g/mol. The number of rotatable bonds is 5. The van der Waals surface area contributed by atoms with Gasteiger partial charge in [0.2, 0.25) is 6.71 Å². The van der Waals surface area contributed by atoms with Gasteiger partial charge in [0.15, 0.2) is 0 Å². The number of hydrogen-bond acceptors (Lipinski definition) is 0. The molecule has 0 aliphatic rings. The summed E-state index contributed by atoms with van der Waals surface area (Å²) >= 11 is 0. The van der Waals surface area contributed by atoms with Gasteiger partial charge in [0, 0.05) is 16.5 Å². The lowest BCUT2D eigenvalue weighted by Gasteiger charge is -2.30. The van der Waals surface area contributed by atoms with E-state index in [1.54, 1.807) is 0 Å². The molecule has 0 saturated carbocycles. The minimum Gasteiger partial charge on any atom is -0.309 e. The van der Waals surface area contributed by atoms with E-state index in [1.165, 1.54) is 111 Å². The summed E-state index contributed by atoms with van der Waals surface area (Å²) in [6, 6.07) is 36.2. The Kier molecular flexibility index (Phi) is 7.95. The van der Waals surface area contributed by atoms with Crippen LogP contribution in [-0.4, -0.2) is 11.3 Å². The Morgan fingerprint density at radius 3 is 1.23 bits per heavy atom. The number of para-hydroxylation sites is 2. The van der Waals surface area contributed by atoms with E-state index in [9.17, 15) is 0 Å². The average Bonchev–Trinajstić information content (AvgIpc) is 3.38. The summed E-state index contributed by atoms with van der Waals surface area (Å²) in [4.78, 5) is 0. The highest BCUT2D eigenvalue weighted by atomic mass is 15.0. The molecule has 1 nitrogen and oxygen atoms in total. The maximum atomic E-state index is 2.40. The molecule has 2 heteroatoms. The lowest BCUT2D eigenvalue weighted by molar-refractivity contribution is 1.18. The van der Waals surface area contributed by atoms with Crippen LogP contribution in [0.25, 0.3) is 38.6 Å². The van der Waals surface area contributed by atoms with Crippen LogP contribution in [0.15, 0.2) is 97.1 Å². The molecular weight excluding hydrogens is 577 g/mol. The predicted molar refractivity (Wildman–Crippen MR) is 211 cm³/mol. The molecule has 0 saturated heterocycles. The molecule has 238 valence electrons. The molecule has 7 aromatic rings. The molecule has 0 amide bonds. The van der Waals surface area contributed by atoms with Crippen molar-refractivity contribution in [3.05, 3.63) is 153 Å². The van der Waals surface area contributed by atoms with Crippen LogP contribution in [0.1, 0.15) is 55.6 Å². The highest BCUT2D eigenvalue weighted by Gasteiger charge is 2.32. The maximum Gasteiger partial charge on any atom is 0.243 e. The third-order valence-corrected chi connectivity index (χ3v) is 11.0. The minimum atomic E-state index is 0.162. The number of nitrogens with zero attached hydrogens (tertiary/aromatic N) is 1. The van der Waals surface area contributed by atoms with E-state index in [-0.39, 0.29) is 6.71 Å². The number of aryl methyl sites for hydroxylation is 6. The molecule has 0 bridgehead atoms. The summed E-state index contributed by atoms with van der Waals surface area (Å²) in [7, 11) is 0. The molecule has 1 aromatic heterocycles. The van der Waals surface area contributed by atoms with Gasteiger partial charge in [-0.2, -0.15) is 0 Å². The zero-order valence-corrected chi connectivity index (χ0v) is 30.3. The van der Waals surface area contributed by atoms with Gasteiger partial charge >= 0.3 is 0 Å². The first-order chi connectivity index (χ1) is 23.0. The van der Waals surface area contributed by atoms with Crippen molar-refractivity contribution in [1.29, 1.82) is 0 Å². The Balaban J connectivity index is 1.42. The monoisotopic (exact) mass is 623 g/mol. The van der Waals surface area contributed by atoms with Crippen molar-refractivity contribution in [2.45, 2.75) is 69.2 Å². The Bertz CT molecular complexity index is 2200. The predicted octanol–water partition coefficient (Wildman–Crippen LogP) is 10.1. The second-order valence-corrected chi connectivity index (χ2v) is 14.3. The van der Waals surface area contributed by atoms with E-state index >= 15 is 0 Å². The van der Waals surface area contributed by atoms with Gasteiger partial charge in [-0.25, -0.2) is 0 Å². The first kappa shape index (κ1) is 31.8. The summed E-state index contributed by atoms with van der Waals surface area (Å²) in [5.74, 6) is 0. The third-order valence-electron chi connectivity index (χ3n) is 11.0. The molecular formula is C46H46BN. The Hall–Kier alpha value is -4.82. The number of aromatic nitrogens is 1. The number of hydrogen-bond donors (Lipinski definition) is 0. The molecule has 6 aromatic carbocycles. The molecule has 0 aliphatic heterocycles. The van der Waals surface area contributed by atoms with Crippen LogP contribution in [0.2, 0.25) is 0 Å². The van der Waals surface area contributed by atoms with Crippen molar-refractivity contribution in [3.63, 3.8) is 0 Å². The largest absolute Gasteiger partial charge is 0.309 e. The van der Waals surface area contributed by atoms with Crippen LogP contribution in [0.3, 0.4) is 0 Å². The third kappa shape index (κ3) is 5.01. The van der Waals surface area contributed by atoms with Gasteiger partial charge in [-0.1, -0.05) is 134 Å². The van der Waals surface area contributed by atoms with Crippen molar-refractivity contribution >= 4 is 44.9 Å². The van der Waals surface area contributed by atoms with Crippen molar-refractivity contribution in [2.24, 2.45) is 0 Å². The first-order valence-corrected chi connectivity index (χ1v) is 17.3. The van der Waals surface area contributed by atoms with Crippen molar-refractivity contribution in [2.75, 3.05) is 0 Å². The van der Waals surface area contributed by atoms with E-state index in [4.69, 9.17) is 0 Å². The van der Waals surface area contributed by atoms with Crippen molar-refractivity contribution in [1.82, 2.24) is 4.57 Å². The summed E-state index contributed by atoms with van der Waals surface area (Å²) in [5.41, 5.74) is 24.3. The molecule has 0 radical (unpaired) electrons. The van der Waals surface area contributed by atoms with Gasteiger partial charge in [-0.05, 0) is 116 Å². The van der Waals surface area contributed by atoms with Crippen LogP contribution in [0.5, 0.6) is 0 Å². The summed E-state index contributed by atoms with van der Waals surface area (Å²) in [6.07, 6.45) is 0. The topological polar surface area (TPSA) is 4.93 Å². The Morgan fingerprint density at radius 2 is 0.812 bits per heavy atom. The molecule has 0 aliphatic carbocycles. The Morgan fingerprint density at radius 1 is 0.417 bits per heavy atom. The van der Waals surface area contributed by atoms with E-state index in [2.05, 4.69) is 171 Å². The fourth-order valence-corrected chi connectivity index (χ4v) is 8.91. The molecule has 7 rings (SSSR count). The molecule has 0 atom stereocenters. The quantitative estimate of drug-likeness (QED) is 0.168. The Labute approximate surface area is 287 Å². The molecule has 1 heterocycles. The summed E-state index contributed by atoms with van der Waals surface area (Å²) in [5, 5.41) is 2.58. The number of benzene rings is 6. The molecule has 0 N–H and O–H groups in total. The molecule has 0 spiro atoms. The van der Waals surface area contributed by atoms with Crippen LogP contribution >= 0.6 is 0 Å². The lowest BCUT2D eigenvalue weighted by Crippen LogP contribution is -2.57. The maximum absolute atomic E-state index is 2.40. The standard InChI is InChI=1S/C46H46BN/c1-27-23-29(3)44(30(4)24-27)47(45-31(5)25-28(2)26-32(45)6)46-35(9)33(7)43(34(8)36(46)10)37-19-21-38(22-20-37)48-41-17-13-11-15-39(41)40-16-12-14-18-42(40)48/h11-26H,1-10H3. The second kappa shape index (κ2) is 12.0. The minimum absolute atomic E-state index is 0.162. The van der Waals surface area contributed by atoms with Gasteiger partial charge < -0.3 is 4.57 Å². The fourth-order valence-electron chi connectivity index (χ4n) is 8.91. The van der Waals surface area contributed by atoms with Gasteiger partial charge in [0.05, 0.1) is 11.0 Å². The van der Waals surface area contributed by atoms with Crippen molar-refractivity contribution in [3.8, 4) is 16.8 Å². The van der Waals surface area contributed by atoms with Gasteiger partial charge in [-0.15, -0.1) is 0 Å². The lowest BCUT2D eigenvalue weighted by atomic mass is 9.32. The second-order valence-electron chi connectivity index (χ2n) is 14.3. The highest BCUT2D eigenvalue weighted by molar-refractivity contribution is 6.97. The normalized spacial score (nSPS) is 11.5. The highest BCUT2D eigenvalue weighted by Crippen LogP contribution is 2.35. The molecule has 0 fully saturated rings.